The van der Waals surface area contributed by atoms with Crippen LogP contribution in [0.5, 0.6) is 11.5 Å². The van der Waals surface area contributed by atoms with Crippen molar-refractivity contribution >= 4 is 5.91 Å². The second kappa shape index (κ2) is 10.3. The quantitative estimate of drug-likeness (QED) is 0.400. The highest BCUT2D eigenvalue weighted by Gasteiger charge is 2.31. The van der Waals surface area contributed by atoms with Crippen LogP contribution in [0, 0.1) is 0 Å². The van der Waals surface area contributed by atoms with Crippen LogP contribution in [0.2, 0.25) is 0 Å². The molecule has 0 radical (unpaired) electrons. The third-order valence-electron chi connectivity index (χ3n) is 5.03. The molecular formula is C24H18F3N5O4. The van der Waals surface area contributed by atoms with Crippen LogP contribution < -0.4 is 20.3 Å². The fourth-order valence-corrected chi connectivity index (χ4v) is 3.34. The lowest BCUT2D eigenvalue weighted by atomic mass is 9.98. The van der Waals surface area contributed by atoms with Crippen molar-refractivity contribution in [3.8, 4) is 23.0 Å². The van der Waals surface area contributed by atoms with Gasteiger partial charge in [0.2, 0.25) is 0 Å². The molecule has 4 aromatic rings. The first-order chi connectivity index (χ1) is 17.2. The Morgan fingerprint density at radius 3 is 2.17 bits per heavy atom. The van der Waals surface area contributed by atoms with Crippen molar-refractivity contribution in [2.24, 2.45) is 0 Å². The fourth-order valence-electron chi connectivity index (χ4n) is 3.34. The Bertz CT molecular complexity index is 1390. The number of nitrogens with one attached hydrogen (secondary N) is 2. The second-order valence-electron chi connectivity index (χ2n) is 7.38. The standard InChI is InChI=1S/C24H18F3N5O4/c1-35-16-8-4-14(5-9-16)20(15-6-10-17(11-7-15)36-24(25,26)27)30-22(33)18-13-28-21(31-23(18)34)19-3-2-12-29-32-19/h2-13,20H,1H3,(H,30,33)(H,28,31,34). The molecule has 9 nitrogen and oxygen atoms in total. The highest BCUT2D eigenvalue weighted by atomic mass is 19.4. The molecule has 0 bridgehead atoms. The topological polar surface area (TPSA) is 119 Å². The Morgan fingerprint density at radius 2 is 1.64 bits per heavy atom. The minimum atomic E-state index is -4.84. The van der Waals surface area contributed by atoms with E-state index in [9.17, 15) is 22.8 Å². The third kappa shape index (κ3) is 5.84. The molecule has 0 spiro atoms. The van der Waals surface area contributed by atoms with Gasteiger partial charge in [-0.1, -0.05) is 24.3 Å². The number of hydrogen-bond acceptors (Lipinski definition) is 7. The van der Waals surface area contributed by atoms with E-state index in [4.69, 9.17) is 4.74 Å². The number of aromatic nitrogens is 4. The van der Waals surface area contributed by atoms with Crippen LogP contribution in [0.4, 0.5) is 13.2 Å². The minimum Gasteiger partial charge on any atom is -0.497 e. The number of alkyl halides is 3. The van der Waals surface area contributed by atoms with Gasteiger partial charge in [0.15, 0.2) is 5.82 Å². The molecule has 2 N–H and O–H groups in total. The highest BCUT2D eigenvalue weighted by Crippen LogP contribution is 2.28. The van der Waals surface area contributed by atoms with Crippen molar-refractivity contribution in [2.75, 3.05) is 7.11 Å². The Kier molecular flexibility index (Phi) is 6.95. The molecule has 0 aliphatic carbocycles. The van der Waals surface area contributed by atoms with E-state index in [2.05, 4.69) is 30.2 Å². The number of halogens is 3. The first kappa shape index (κ1) is 24.4. The molecule has 2 aromatic carbocycles. The van der Waals surface area contributed by atoms with Crippen molar-refractivity contribution in [3.63, 3.8) is 0 Å². The summed E-state index contributed by atoms with van der Waals surface area (Å²) in [6.07, 6.45) is -2.26. The van der Waals surface area contributed by atoms with E-state index in [0.29, 0.717) is 22.6 Å². The number of aromatic amines is 1. The molecule has 0 saturated heterocycles. The summed E-state index contributed by atoms with van der Waals surface area (Å²) in [6.45, 7) is 0. The van der Waals surface area contributed by atoms with E-state index in [0.717, 1.165) is 18.3 Å². The number of carbonyl (C=O) groups is 1. The summed E-state index contributed by atoms with van der Waals surface area (Å²) < 4.78 is 46.7. The lowest BCUT2D eigenvalue weighted by molar-refractivity contribution is -0.274. The average molecular weight is 497 g/mol. The number of amides is 1. The number of rotatable bonds is 7. The summed E-state index contributed by atoms with van der Waals surface area (Å²) in [4.78, 5) is 32.3. The van der Waals surface area contributed by atoms with Gasteiger partial charge in [0.1, 0.15) is 22.8 Å². The van der Waals surface area contributed by atoms with E-state index in [-0.39, 0.29) is 11.4 Å². The van der Waals surface area contributed by atoms with Crippen molar-refractivity contribution in [1.29, 1.82) is 0 Å². The molecule has 4 rings (SSSR count). The summed E-state index contributed by atoms with van der Waals surface area (Å²) in [5.41, 5.74) is 0.389. The number of benzene rings is 2. The molecular weight excluding hydrogens is 479 g/mol. The zero-order chi connectivity index (χ0) is 25.7. The van der Waals surface area contributed by atoms with Gasteiger partial charge in [-0.15, -0.1) is 18.3 Å². The molecule has 1 atom stereocenters. The Morgan fingerprint density at radius 1 is 1.00 bits per heavy atom. The number of ether oxygens (including phenoxy) is 2. The number of carbonyl (C=O) groups excluding carboxylic acids is 1. The Labute approximate surface area is 202 Å². The van der Waals surface area contributed by atoms with E-state index < -0.39 is 29.6 Å². The predicted molar refractivity (Wildman–Crippen MR) is 121 cm³/mol. The molecule has 0 aliphatic heterocycles. The van der Waals surface area contributed by atoms with Crippen molar-refractivity contribution in [2.45, 2.75) is 12.4 Å². The maximum atomic E-state index is 13.1. The largest absolute Gasteiger partial charge is 0.573 e. The zero-order valence-corrected chi connectivity index (χ0v) is 18.6. The maximum absolute atomic E-state index is 13.1. The van der Waals surface area contributed by atoms with Crippen molar-refractivity contribution in [1.82, 2.24) is 25.5 Å². The van der Waals surface area contributed by atoms with E-state index >= 15 is 0 Å². The molecule has 0 saturated carbocycles. The smallest absolute Gasteiger partial charge is 0.497 e. The maximum Gasteiger partial charge on any atom is 0.573 e. The second-order valence-corrected chi connectivity index (χ2v) is 7.38. The predicted octanol–water partition coefficient (Wildman–Crippen LogP) is 3.65. The lowest BCUT2D eigenvalue weighted by Gasteiger charge is -2.20. The molecule has 0 aliphatic rings. The molecule has 2 heterocycles. The number of hydrogen-bond donors (Lipinski definition) is 2. The van der Waals surface area contributed by atoms with Crippen molar-refractivity contribution in [3.05, 3.63) is 100 Å². The van der Waals surface area contributed by atoms with Crippen LogP contribution in [0.3, 0.4) is 0 Å². The molecule has 36 heavy (non-hydrogen) atoms. The van der Waals surface area contributed by atoms with E-state index in [1.54, 1.807) is 36.4 Å². The van der Waals surface area contributed by atoms with Gasteiger partial charge in [0, 0.05) is 12.4 Å². The van der Waals surface area contributed by atoms with Gasteiger partial charge >= 0.3 is 6.36 Å². The Hall–Kier alpha value is -4.74. The van der Waals surface area contributed by atoms with Gasteiger partial charge in [0.05, 0.1) is 13.2 Å². The summed E-state index contributed by atoms with van der Waals surface area (Å²) in [7, 11) is 1.50. The summed E-state index contributed by atoms with van der Waals surface area (Å²) in [6, 6.07) is 14.1. The molecule has 0 fully saturated rings. The van der Waals surface area contributed by atoms with Gasteiger partial charge in [-0.05, 0) is 47.5 Å². The molecule has 1 amide bonds. The van der Waals surface area contributed by atoms with Crippen LogP contribution in [0.15, 0.2) is 77.9 Å². The van der Waals surface area contributed by atoms with Crippen LogP contribution in [-0.2, 0) is 0 Å². The van der Waals surface area contributed by atoms with E-state index in [1.165, 1.54) is 25.4 Å². The van der Waals surface area contributed by atoms with Crippen LogP contribution in [0.25, 0.3) is 11.5 Å². The first-order valence-electron chi connectivity index (χ1n) is 10.4. The average Bonchev–Trinajstić information content (AvgIpc) is 2.87. The fraction of sp³-hybridized carbons (Fsp3) is 0.125. The Balaban J connectivity index is 1.63. The monoisotopic (exact) mass is 497 g/mol. The van der Waals surface area contributed by atoms with Crippen LogP contribution >= 0.6 is 0 Å². The minimum absolute atomic E-state index is 0.136. The molecule has 1 unspecified atom stereocenters. The van der Waals surface area contributed by atoms with Crippen LogP contribution in [0.1, 0.15) is 27.5 Å². The number of H-pyrrole nitrogens is 1. The third-order valence-corrected chi connectivity index (χ3v) is 5.03. The SMILES string of the molecule is COc1ccc(C(NC(=O)c2cnc(-c3cccnn3)[nH]c2=O)c2ccc(OC(F)(F)F)cc2)cc1. The first-order valence-corrected chi connectivity index (χ1v) is 10.4. The van der Waals surface area contributed by atoms with Crippen LogP contribution in [-0.4, -0.2) is 39.5 Å². The lowest BCUT2D eigenvalue weighted by Crippen LogP contribution is -2.33. The highest BCUT2D eigenvalue weighted by molar-refractivity contribution is 5.94. The van der Waals surface area contributed by atoms with Gasteiger partial charge in [-0.25, -0.2) is 4.98 Å². The van der Waals surface area contributed by atoms with E-state index in [1.807, 2.05) is 0 Å². The van der Waals surface area contributed by atoms with Gasteiger partial charge in [-0.3, -0.25) is 9.59 Å². The summed E-state index contributed by atoms with van der Waals surface area (Å²) in [5, 5.41) is 10.3. The van der Waals surface area contributed by atoms with Gasteiger partial charge in [0.25, 0.3) is 11.5 Å². The summed E-state index contributed by atoms with van der Waals surface area (Å²) in [5.74, 6) is -0.452. The zero-order valence-electron chi connectivity index (χ0n) is 18.6. The number of nitrogens with zero attached hydrogens (tertiary/aromatic N) is 3. The van der Waals surface area contributed by atoms with Crippen molar-refractivity contribution < 1.29 is 27.4 Å². The summed E-state index contributed by atoms with van der Waals surface area (Å²) >= 11 is 0. The molecule has 2 aromatic heterocycles. The van der Waals surface area contributed by atoms with Gasteiger partial charge in [-0.2, -0.15) is 5.10 Å². The number of methoxy groups -OCH3 is 1. The van der Waals surface area contributed by atoms with Gasteiger partial charge < -0.3 is 19.8 Å². The molecule has 184 valence electrons. The molecule has 12 heteroatoms. The normalized spacial score (nSPS) is 12.0.